The molecule has 5 heteroatoms. The van der Waals surface area contributed by atoms with Crippen molar-refractivity contribution < 1.29 is 13.6 Å². The standard InChI is InChI=1S/C17H13FN2O2/c18-12-6-2-1-5-11(12)15-9-10-16(22-15)17(21)20-14-8-4-3-7-13(14)19/h1-10H,19H2,(H,20,21). The van der Waals surface area contributed by atoms with Crippen LogP contribution in [0.25, 0.3) is 11.3 Å². The Balaban J connectivity index is 1.84. The molecule has 3 aromatic rings. The molecule has 1 aromatic heterocycles. The van der Waals surface area contributed by atoms with Crippen LogP contribution in [-0.4, -0.2) is 5.91 Å². The summed E-state index contributed by atoms with van der Waals surface area (Å²) < 4.78 is 19.1. The zero-order valence-corrected chi connectivity index (χ0v) is 11.5. The maximum Gasteiger partial charge on any atom is 0.291 e. The maximum absolute atomic E-state index is 13.7. The summed E-state index contributed by atoms with van der Waals surface area (Å²) >= 11 is 0. The van der Waals surface area contributed by atoms with E-state index in [0.717, 1.165) is 0 Å². The first-order valence-electron chi connectivity index (χ1n) is 6.66. The molecule has 0 saturated carbocycles. The summed E-state index contributed by atoms with van der Waals surface area (Å²) in [6.45, 7) is 0. The maximum atomic E-state index is 13.7. The lowest BCUT2D eigenvalue weighted by atomic mass is 10.1. The smallest absolute Gasteiger partial charge is 0.291 e. The number of nitrogens with one attached hydrogen (secondary N) is 1. The quantitative estimate of drug-likeness (QED) is 0.720. The number of nitrogens with two attached hydrogens (primary N) is 1. The molecule has 22 heavy (non-hydrogen) atoms. The molecular weight excluding hydrogens is 283 g/mol. The Morgan fingerprint density at radius 1 is 1.00 bits per heavy atom. The molecule has 0 aliphatic carbocycles. The minimum atomic E-state index is -0.444. The number of furan rings is 1. The first-order chi connectivity index (χ1) is 10.6. The topological polar surface area (TPSA) is 68.3 Å². The molecule has 0 unspecified atom stereocenters. The van der Waals surface area contributed by atoms with Gasteiger partial charge in [-0.25, -0.2) is 4.39 Å². The molecule has 0 aliphatic heterocycles. The van der Waals surface area contributed by atoms with Crippen molar-refractivity contribution in [1.29, 1.82) is 0 Å². The second kappa shape index (κ2) is 5.73. The van der Waals surface area contributed by atoms with E-state index in [4.69, 9.17) is 10.2 Å². The van der Waals surface area contributed by atoms with Crippen LogP contribution in [0.1, 0.15) is 10.6 Å². The van der Waals surface area contributed by atoms with Gasteiger partial charge in [0.25, 0.3) is 5.91 Å². The summed E-state index contributed by atoms with van der Waals surface area (Å²) in [5, 5.41) is 2.65. The molecule has 0 fully saturated rings. The molecule has 0 atom stereocenters. The van der Waals surface area contributed by atoms with Crippen molar-refractivity contribution in [2.45, 2.75) is 0 Å². The van der Waals surface area contributed by atoms with Crippen LogP contribution in [0, 0.1) is 5.82 Å². The van der Waals surface area contributed by atoms with E-state index < -0.39 is 11.7 Å². The van der Waals surface area contributed by atoms with Gasteiger partial charge in [-0.1, -0.05) is 24.3 Å². The van der Waals surface area contributed by atoms with Crippen molar-refractivity contribution in [3.8, 4) is 11.3 Å². The molecule has 3 N–H and O–H groups in total. The van der Waals surface area contributed by atoms with Crippen LogP contribution in [0.15, 0.2) is 65.1 Å². The fraction of sp³-hybridized carbons (Fsp3) is 0. The number of hydrogen-bond donors (Lipinski definition) is 2. The lowest BCUT2D eigenvalue weighted by molar-refractivity contribution is 0.0997. The number of hydrogen-bond acceptors (Lipinski definition) is 3. The molecular formula is C17H13FN2O2. The molecule has 2 aromatic carbocycles. The predicted octanol–water partition coefficient (Wildman–Crippen LogP) is 3.92. The van der Waals surface area contributed by atoms with Crippen LogP contribution < -0.4 is 11.1 Å². The number of nitrogen functional groups attached to an aromatic ring is 1. The summed E-state index contributed by atoms with van der Waals surface area (Å²) in [6.07, 6.45) is 0. The number of para-hydroxylation sites is 2. The van der Waals surface area contributed by atoms with Crippen molar-refractivity contribution in [2.24, 2.45) is 0 Å². The van der Waals surface area contributed by atoms with E-state index in [1.54, 1.807) is 48.5 Å². The minimum Gasteiger partial charge on any atom is -0.451 e. The van der Waals surface area contributed by atoms with E-state index in [9.17, 15) is 9.18 Å². The lowest BCUT2D eigenvalue weighted by Gasteiger charge is -2.06. The third-order valence-electron chi connectivity index (χ3n) is 3.18. The molecule has 0 bridgehead atoms. The van der Waals surface area contributed by atoms with E-state index in [0.29, 0.717) is 22.7 Å². The van der Waals surface area contributed by atoms with Crippen LogP contribution in [0.2, 0.25) is 0 Å². The van der Waals surface area contributed by atoms with Gasteiger partial charge in [0.2, 0.25) is 0 Å². The summed E-state index contributed by atoms with van der Waals surface area (Å²) in [7, 11) is 0. The fourth-order valence-electron chi connectivity index (χ4n) is 2.06. The van der Waals surface area contributed by atoms with Gasteiger partial charge in [0.1, 0.15) is 11.6 Å². The summed E-state index contributed by atoms with van der Waals surface area (Å²) in [5.41, 5.74) is 7.03. The molecule has 3 rings (SSSR count). The number of rotatable bonds is 3. The third-order valence-corrected chi connectivity index (χ3v) is 3.18. The number of carbonyl (C=O) groups is 1. The van der Waals surface area contributed by atoms with Crippen molar-refractivity contribution in [3.63, 3.8) is 0 Å². The van der Waals surface area contributed by atoms with Crippen molar-refractivity contribution in [1.82, 2.24) is 0 Å². The first kappa shape index (κ1) is 13.9. The second-order valence-electron chi connectivity index (χ2n) is 4.69. The van der Waals surface area contributed by atoms with Gasteiger partial charge in [0.05, 0.1) is 16.9 Å². The zero-order valence-electron chi connectivity index (χ0n) is 11.5. The van der Waals surface area contributed by atoms with Gasteiger partial charge in [0, 0.05) is 0 Å². The Morgan fingerprint density at radius 3 is 2.50 bits per heavy atom. The van der Waals surface area contributed by atoms with Gasteiger partial charge in [0.15, 0.2) is 5.76 Å². The summed E-state index contributed by atoms with van der Waals surface area (Å²) in [5.74, 6) is -0.470. The average Bonchev–Trinajstić information content (AvgIpc) is 3.00. The molecule has 1 amide bonds. The molecule has 0 radical (unpaired) electrons. The summed E-state index contributed by atoms with van der Waals surface area (Å²) in [4.78, 5) is 12.1. The summed E-state index contributed by atoms with van der Waals surface area (Å²) in [6, 6.07) is 16.2. The van der Waals surface area contributed by atoms with Gasteiger partial charge < -0.3 is 15.5 Å². The highest BCUT2D eigenvalue weighted by molar-refractivity contribution is 6.04. The number of benzene rings is 2. The normalized spacial score (nSPS) is 10.4. The van der Waals surface area contributed by atoms with Gasteiger partial charge in [-0.3, -0.25) is 4.79 Å². The van der Waals surface area contributed by atoms with Crippen LogP contribution >= 0.6 is 0 Å². The second-order valence-corrected chi connectivity index (χ2v) is 4.69. The predicted molar refractivity (Wildman–Crippen MR) is 82.9 cm³/mol. The van der Waals surface area contributed by atoms with Crippen LogP contribution in [0.3, 0.4) is 0 Å². The largest absolute Gasteiger partial charge is 0.451 e. The van der Waals surface area contributed by atoms with E-state index in [1.165, 1.54) is 12.1 Å². The van der Waals surface area contributed by atoms with E-state index in [-0.39, 0.29) is 5.76 Å². The molecule has 0 spiro atoms. The molecule has 1 heterocycles. The Labute approximate surface area is 126 Å². The zero-order chi connectivity index (χ0) is 15.5. The lowest BCUT2D eigenvalue weighted by Crippen LogP contribution is -2.12. The molecule has 110 valence electrons. The number of carbonyl (C=O) groups excluding carboxylic acids is 1. The SMILES string of the molecule is Nc1ccccc1NC(=O)c1ccc(-c2ccccc2F)o1. The minimum absolute atomic E-state index is 0.0847. The monoisotopic (exact) mass is 296 g/mol. The average molecular weight is 296 g/mol. The molecule has 4 nitrogen and oxygen atoms in total. The molecule has 0 aliphatic rings. The van der Waals surface area contributed by atoms with Gasteiger partial charge in [-0.2, -0.15) is 0 Å². The van der Waals surface area contributed by atoms with Crippen molar-refractivity contribution in [2.75, 3.05) is 11.1 Å². The van der Waals surface area contributed by atoms with E-state index >= 15 is 0 Å². The van der Waals surface area contributed by atoms with Gasteiger partial charge in [-0.15, -0.1) is 0 Å². The van der Waals surface area contributed by atoms with Crippen LogP contribution in [0.4, 0.5) is 15.8 Å². The van der Waals surface area contributed by atoms with Crippen molar-refractivity contribution in [3.05, 3.63) is 72.2 Å². The Hall–Kier alpha value is -3.08. The Kier molecular flexibility index (Phi) is 3.62. The molecule has 0 saturated heterocycles. The van der Waals surface area contributed by atoms with Gasteiger partial charge >= 0.3 is 0 Å². The van der Waals surface area contributed by atoms with Crippen LogP contribution in [-0.2, 0) is 0 Å². The van der Waals surface area contributed by atoms with E-state index in [2.05, 4.69) is 5.32 Å². The number of anilines is 2. The Bertz CT molecular complexity index is 827. The highest BCUT2D eigenvalue weighted by atomic mass is 19.1. The highest BCUT2D eigenvalue weighted by Gasteiger charge is 2.15. The fourth-order valence-corrected chi connectivity index (χ4v) is 2.06. The first-order valence-corrected chi connectivity index (χ1v) is 6.66. The third kappa shape index (κ3) is 2.69. The Morgan fingerprint density at radius 2 is 1.73 bits per heavy atom. The van der Waals surface area contributed by atoms with E-state index in [1.807, 2.05) is 0 Å². The van der Waals surface area contributed by atoms with Gasteiger partial charge in [-0.05, 0) is 36.4 Å². The van der Waals surface area contributed by atoms with Crippen LogP contribution in [0.5, 0.6) is 0 Å². The number of halogens is 1. The number of amides is 1. The highest BCUT2D eigenvalue weighted by Crippen LogP contribution is 2.25. The van der Waals surface area contributed by atoms with Crippen molar-refractivity contribution >= 4 is 17.3 Å².